The van der Waals surface area contributed by atoms with Crippen molar-refractivity contribution >= 4 is 11.6 Å². The number of nitrogens with zero attached hydrogens (tertiary/aromatic N) is 10. The molecule has 2 aromatic carbocycles. The van der Waals surface area contributed by atoms with Crippen LogP contribution in [0.25, 0.3) is 11.4 Å². The lowest BCUT2D eigenvalue weighted by atomic mass is 9.72. The first-order chi connectivity index (χ1) is 23.6. The summed E-state index contributed by atoms with van der Waals surface area (Å²) in [5.74, 6) is 0.187. The van der Waals surface area contributed by atoms with E-state index in [9.17, 15) is 9.59 Å². The maximum atomic E-state index is 13.2. The molecule has 0 bridgehead atoms. The first-order valence-corrected chi connectivity index (χ1v) is 16.8. The minimum absolute atomic E-state index is 0.0933. The van der Waals surface area contributed by atoms with Crippen LogP contribution in [-0.2, 0) is 12.8 Å². The third kappa shape index (κ3) is 5.31. The first kappa shape index (κ1) is 30.8. The van der Waals surface area contributed by atoms with E-state index < -0.39 is 10.8 Å². The number of hydrogen-bond acceptors (Lipinski definition) is 8. The van der Waals surface area contributed by atoms with Crippen LogP contribution in [0.2, 0.25) is 0 Å². The van der Waals surface area contributed by atoms with Gasteiger partial charge in [-0.1, -0.05) is 74.5 Å². The third-order valence-electron chi connectivity index (χ3n) is 9.96. The number of hydrogen-bond donors (Lipinski definition) is 0. The van der Waals surface area contributed by atoms with Gasteiger partial charge in [0.2, 0.25) is 0 Å². The lowest BCUT2D eigenvalue weighted by Crippen LogP contribution is -2.37. The number of carbonyl (C=O) groups excluding carboxylic acids is 2. The Morgan fingerprint density at radius 3 is 1.45 bits per heavy atom. The van der Waals surface area contributed by atoms with Crippen LogP contribution in [0.5, 0.6) is 0 Å². The van der Waals surface area contributed by atoms with Crippen LogP contribution in [0.4, 0.5) is 0 Å². The van der Waals surface area contributed by atoms with Crippen molar-refractivity contribution in [1.82, 2.24) is 49.5 Å². The number of benzene rings is 2. The number of ketones is 2. The molecule has 12 heteroatoms. The first-order valence-electron chi connectivity index (χ1n) is 16.8. The van der Waals surface area contributed by atoms with Gasteiger partial charge in [0, 0.05) is 36.1 Å². The van der Waals surface area contributed by atoms with Gasteiger partial charge in [-0.25, -0.2) is 18.7 Å². The number of carbonyl (C=O) groups is 2. The monoisotopic (exact) mass is 654 g/mol. The van der Waals surface area contributed by atoms with Gasteiger partial charge in [-0.05, 0) is 43.5 Å². The third-order valence-corrected chi connectivity index (χ3v) is 9.96. The molecule has 12 nitrogen and oxygen atoms in total. The largest absolute Gasteiger partial charge is 0.294 e. The zero-order chi connectivity index (χ0) is 33.9. The van der Waals surface area contributed by atoms with Gasteiger partial charge >= 0.3 is 0 Å². The van der Waals surface area contributed by atoms with Crippen LogP contribution >= 0.6 is 0 Å². The minimum atomic E-state index is -0.395. The molecule has 0 amide bonds. The second-order valence-electron chi connectivity index (χ2n) is 14.6. The molecule has 0 aliphatic heterocycles. The molecule has 4 aromatic heterocycles. The number of aromatic nitrogens is 10. The standard InChI is InChI=1S/C37H38N10O2/c1-36(2)18-30(48)28-20-38-46(26-14-7-5-8-15-26)32(28)34(36)44-22-24(40-42-44)12-11-13-25-23-45(43-41-25)35-33-29(31(49)19-37(35,3)4)21-39-47(33)27-16-9-6-10-17-27/h5-10,14-17,20-23,34-35H,11-13,18-19H2,1-4H3. The molecular weight excluding hydrogens is 616 g/mol. The van der Waals surface area contributed by atoms with Crippen LogP contribution in [0, 0.1) is 10.8 Å². The zero-order valence-corrected chi connectivity index (χ0v) is 28.1. The quantitative estimate of drug-likeness (QED) is 0.201. The van der Waals surface area contributed by atoms with Gasteiger partial charge < -0.3 is 0 Å². The Hall–Kier alpha value is -5.52. The van der Waals surface area contributed by atoms with E-state index in [-0.39, 0.29) is 23.7 Å². The smallest absolute Gasteiger partial charge is 0.167 e. The van der Waals surface area contributed by atoms with E-state index in [0.717, 1.165) is 40.6 Å². The maximum absolute atomic E-state index is 13.2. The summed E-state index contributed by atoms with van der Waals surface area (Å²) in [6, 6.07) is 19.3. The van der Waals surface area contributed by atoms with Crippen molar-refractivity contribution in [2.75, 3.05) is 0 Å². The average Bonchev–Trinajstić information content (AvgIpc) is 3.89. The van der Waals surface area contributed by atoms with Crippen molar-refractivity contribution < 1.29 is 9.59 Å². The Labute approximate surface area is 283 Å². The highest BCUT2D eigenvalue weighted by Gasteiger charge is 2.46. The predicted molar refractivity (Wildman–Crippen MR) is 181 cm³/mol. The lowest BCUT2D eigenvalue weighted by molar-refractivity contribution is 0.0845. The van der Waals surface area contributed by atoms with Crippen molar-refractivity contribution in [3.8, 4) is 11.4 Å². The molecule has 0 saturated heterocycles. The summed E-state index contributed by atoms with van der Waals surface area (Å²) in [4.78, 5) is 26.3. The second-order valence-corrected chi connectivity index (χ2v) is 14.6. The summed E-state index contributed by atoms with van der Waals surface area (Å²) < 4.78 is 7.53. The molecule has 248 valence electrons. The van der Waals surface area contributed by atoms with Crippen LogP contribution in [-0.4, -0.2) is 61.1 Å². The Balaban J connectivity index is 1.02. The summed E-state index contributed by atoms with van der Waals surface area (Å²) in [7, 11) is 0. The Morgan fingerprint density at radius 1 is 0.633 bits per heavy atom. The van der Waals surface area contributed by atoms with E-state index in [4.69, 9.17) is 0 Å². The summed E-state index contributed by atoms with van der Waals surface area (Å²) >= 11 is 0. The molecule has 2 unspecified atom stereocenters. The molecular formula is C37H38N10O2. The fraction of sp³-hybridized carbons (Fsp3) is 0.351. The van der Waals surface area contributed by atoms with E-state index in [1.165, 1.54) is 0 Å². The maximum Gasteiger partial charge on any atom is 0.167 e. The molecule has 8 rings (SSSR count). The van der Waals surface area contributed by atoms with Gasteiger partial charge in [-0.2, -0.15) is 10.2 Å². The predicted octanol–water partition coefficient (Wildman–Crippen LogP) is 5.82. The average molecular weight is 655 g/mol. The van der Waals surface area contributed by atoms with Gasteiger partial charge in [0.25, 0.3) is 0 Å². The Kier molecular flexibility index (Phi) is 7.27. The van der Waals surface area contributed by atoms with Crippen LogP contribution in [0.3, 0.4) is 0 Å². The Morgan fingerprint density at radius 2 is 1.04 bits per heavy atom. The molecule has 6 aromatic rings. The molecule has 49 heavy (non-hydrogen) atoms. The van der Waals surface area contributed by atoms with Gasteiger partial charge in [0.1, 0.15) is 12.1 Å². The Bertz CT molecular complexity index is 2020. The van der Waals surface area contributed by atoms with Gasteiger partial charge in [-0.3, -0.25) is 9.59 Å². The highest BCUT2D eigenvalue weighted by atomic mass is 16.1. The van der Waals surface area contributed by atoms with Crippen LogP contribution in [0.1, 0.15) is 103 Å². The van der Waals surface area contributed by atoms with E-state index >= 15 is 0 Å². The van der Waals surface area contributed by atoms with Crippen LogP contribution < -0.4 is 0 Å². The van der Waals surface area contributed by atoms with Gasteiger partial charge in [0.15, 0.2) is 11.6 Å². The topological polar surface area (TPSA) is 131 Å². The zero-order valence-electron chi connectivity index (χ0n) is 28.1. The molecule has 0 fully saturated rings. The number of Topliss-reactive ketones (excluding diaryl/α,β-unsaturated/α-hetero) is 2. The van der Waals surface area contributed by atoms with Crippen molar-refractivity contribution in [1.29, 1.82) is 0 Å². The number of fused-ring (bicyclic) bond motifs is 2. The molecule has 0 spiro atoms. The SMILES string of the molecule is CC1(C)CC(=O)c2cnn(-c3ccccc3)c2C1n1cc(CCCc2cn(C3c4c(cnn4-c4ccccc4)C(=O)CC3(C)C)nn2)nn1. The van der Waals surface area contributed by atoms with Crippen molar-refractivity contribution in [3.63, 3.8) is 0 Å². The normalized spacial score (nSPS) is 19.5. The second kappa shape index (κ2) is 11.6. The summed E-state index contributed by atoms with van der Waals surface area (Å²) in [6.07, 6.45) is 10.4. The minimum Gasteiger partial charge on any atom is -0.294 e. The molecule has 4 heterocycles. The summed E-state index contributed by atoms with van der Waals surface area (Å²) in [5.41, 5.74) is 5.70. The number of para-hydroxylation sites is 2. The highest BCUT2D eigenvalue weighted by molar-refractivity contribution is 5.99. The molecule has 0 radical (unpaired) electrons. The fourth-order valence-electron chi connectivity index (χ4n) is 7.70. The molecule has 2 atom stereocenters. The van der Waals surface area contributed by atoms with E-state index in [0.29, 0.717) is 36.8 Å². The van der Waals surface area contributed by atoms with Gasteiger partial charge in [0.05, 0.1) is 57.7 Å². The van der Waals surface area contributed by atoms with Crippen molar-refractivity contribution in [2.45, 2.75) is 71.9 Å². The lowest BCUT2D eigenvalue weighted by Gasteiger charge is -2.37. The highest BCUT2D eigenvalue weighted by Crippen LogP contribution is 2.47. The summed E-state index contributed by atoms with van der Waals surface area (Å²) in [6.45, 7) is 8.41. The van der Waals surface area contributed by atoms with E-state index in [2.05, 4.69) is 58.5 Å². The van der Waals surface area contributed by atoms with Gasteiger partial charge in [-0.15, -0.1) is 10.2 Å². The fourth-order valence-corrected chi connectivity index (χ4v) is 7.70. The number of aryl methyl sites for hydroxylation is 2. The molecule has 2 aliphatic carbocycles. The molecule has 0 saturated carbocycles. The van der Waals surface area contributed by atoms with Crippen molar-refractivity contribution in [2.24, 2.45) is 10.8 Å². The van der Waals surface area contributed by atoms with E-state index in [1.54, 1.807) is 12.4 Å². The van der Waals surface area contributed by atoms with Crippen molar-refractivity contribution in [3.05, 3.63) is 119 Å². The summed E-state index contributed by atoms with van der Waals surface area (Å²) in [5, 5.41) is 27.5. The molecule has 2 aliphatic rings. The molecule has 0 N–H and O–H groups in total. The van der Waals surface area contributed by atoms with Crippen LogP contribution in [0.15, 0.2) is 85.5 Å². The van der Waals surface area contributed by atoms with E-state index in [1.807, 2.05) is 91.8 Å². The number of rotatable bonds is 8.